The average molecular weight is 418 g/mol. The van der Waals surface area contributed by atoms with Crippen molar-refractivity contribution in [1.82, 2.24) is 0 Å². The number of alkyl halides is 10. The number of ether oxygens (including phenoxy) is 1. The van der Waals surface area contributed by atoms with E-state index in [2.05, 4.69) is 4.74 Å². The molecule has 0 amide bonds. The summed E-state index contributed by atoms with van der Waals surface area (Å²) in [6, 6.07) is 0. The highest BCUT2D eigenvalue weighted by molar-refractivity contribution is 4.97. The van der Waals surface area contributed by atoms with Crippen molar-refractivity contribution in [2.75, 3.05) is 0 Å². The second kappa shape index (κ2) is 7.94. The minimum absolute atomic E-state index is 0.0113. The molecule has 0 aliphatic heterocycles. The molecule has 2 aliphatic carbocycles. The minimum atomic E-state index is -5.99. The van der Waals surface area contributed by atoms with Gasteiger partial charge in [-0.05, 0) is 37.5 Å². The predicted octanol–water partition coefficient (Wildman–Crippen LogP) is 5.67. The van der Waals surface area contributed by atoms with E-state index in [-0.39, 0.29) is 18.8 Å². The number of hydrogen-bond donors (Lipinski definition) is 0. The summed E-state index contributed by atoms with van der Waals surface area (Å²) in [6.45, 7) is 1.62. The van der Waals surface area contributed by atoms with Gasteiger partial charge in [0.1, 0.15) is 30.8 Å². The Morgan fingerprint density at radius 3 is 1.63 bits per heavy atom. The van der Waals surface area contributed by atoms with Gasteiger partial charge < -0.3 is 4.74 Å². The first-order valence-electron chi connectivity index (χ1n) is 8.56. The molecule has 0 radical (unpaired) electrons. The average Bonchev–Trinajstić information content (AvgIpc) is 2.48. The molecule has 27 heavy (non-hydrogen) atoms. The summed E-state index contributed by atoms with van der Waals surface area (Å²) in [6.07, 6.45) is -28.9. The first-order valence-corrected chi connectivity index (χ1v) is 8.56. The van der Waals surface area contributed by atoms with Gasteiger partial charge in [0.2, 0.25) is 0 Å². The van der Waals surface area contributed by atoms with Gasteiger partial charge >= 0.3 is 12.3 Å². The Morgan fingerprint density at radius 2 is 1.22 bits per heavy atom. The fourth-order valence-corrected chi connectivity index (χ4v) is 4.06. The van der Waals surface area contributed by atoms with Crippen LogP contribution in [0.15, 0.2) is 0 Å². The van der Waals surface area contributed by atoms with Crippen LogP contribution in [0, 0.1) is 17.8 Å². The van der Waals surface area contributed by atoms with Gasteiger partial charge in [0.05, 0.1) is 0 Å². The highest BCUT2D eigenvalue weighted by atomic mass is 19.4. The van der Waals surface area contributed by atoms with Crippen molar-refractivity contribution in [3.05, 3.63) is 0 Å². The smallest absolute Gasteiger partial charge is 0.308 e. The van der Waals surface area contributed by atoms with Crippen LogP contribution in [0.3, 0.4) is 0 Å². The van der Waals surface area contributed by atoms with Crippen LogP contribution < -0.4 is 0 Å². The van der Waals surface area contributed by atoms with Crippen LogP contribution in [0.5, 0.6) is 0 Å². The predicted molar refractivity (Wildman–Crippen MR) is 75.0 cm³/mol. The fourth-order valence-electron chi connectivity index (χ4n) is 4.06. The molecule has 160 valence electrons. The molecule has 2 fully saturated rings. The maximum Gasteiger partial charge on any atom is 0.428 e. The second-order valence-corrected chi connectivity index (χ2v) is 7.50. The molecular formula is C16H20F10O. The Labute approximate surface area is 149 Å². The highest BCUT2D eigenvalue weighted by Crippen LogP contribution is 2.46. The lowest BCUT2D eigenvalue weighted by Crippen LogP contribution is -2.53. The first-order chi connectivity index (χ1) is 12.2. The van der Waals surface area contributed by atoms with Crippen LogP contribution in [0.2, 0.25) is 0 Å². The van der Waals surface area contributed by atoms with Gasteiger partial charge in [0, 0.05) is 5.92 Å². The zero-order valence-electron chi connectivity index (χ0n) is 14.2. The Balaban J connectivity index is 2.07. The Hall–Kier alpha value is -0.740. The molecule has 0 aromatic rings. The lowest BCUT2D eigenvalue weighted by Gasteiger charge is -2.43. The van der Waals surface area contributed by atoms with Crippen LogP contribution >= 0.6 is 0 Å². The third-order valence-corrected chi connectivity index (χ3v) is 5.28. The summed E-state index contributed by atoms with van der Waals surface area (Å²) in [4.78, 5) is 0. The van der Waals surface area contributed by atoms with Gasteiger partial charge in [0.15, 0.2) is 0 Å². The molecule has 2 saturated carbocycles. The van der Waals surface area contributed by atoms with E-state index in [1.54, 1.807) is 6.92 Å². The van der Waals surface area contributed by atoms with E-state index in [1.165, 1.54) is 0 Å². The molecule has 11 heteroatoms. The summed E-state index contributed by atoms with van der Waals surface area (Å²) in [7, 11) is 0. The second-order valence-electron chi connectivity index (χ2n) is 7.50. The number of halogens is 10. The quantitative estimate of drug-likeness (QED) is 0.535. The summed E-state index contributed by atoms with van der Waals surface area (Å²) in [5.74, 6) is -2.76. The fraction of sp³-hybridized carbons (Fsp3) is 1.00. The first kappa shape index (κ1) is 22.5. The summed E-state index contributed by atoms with van der Waals surface area (Å²) >= 11 is 0. The molecule has 0 spiro atoms. The summed E-state index contributed by atoms with van der Waals surface area (Å²) in [5, 5.41) is 0. The van der Waals surface area contributed by atoms with E-state index in [9.17, 15) is 43.9 Å². The van der Waals surface area contributed by atoms with Crippen LogP contribution in [0.1, 0.15) is 32.6 Å². The lowest BCUT2D eigenvalue weighted by molar-refractivity contribution is -0.359. The van der Waals surface area contributed by atoms with Crippen molar-refractivity contribution in [3.8, 4) is 0 Å². The molecule has 5 atom stereocenters. The Kier molecular flexibility index (Phi) is 6.63. The monoisotopic (exact) mass is 418 g/mol. The zero-order valence-corrected chi connectivity index (χ0v) is 14.2. The van der Waals surface area contributed by atoms with Crippen molar-refractivity contribution >= 4 is 0 Å². The van der Waals surface area contributed by atoms with E-state index >= 15 is 0 Å². The molecule has 0 heterocycles. The van der Waals surface area contributed by atoms with Crippen molar-refractivity contribution in [3.63, 3.8) is 0 Å². The third kappa shape index (κ3) is 5.00. The van der Waals surface area contributed by atoms with E-state index < -0.39 is 73.9 Å². The van der Waals surface area contributed by atoms with Crippen molar-refractivity contribution in [2.45, 2.75) is 81.9 Å². The molecular weight excluding hydrogens is 398 g/mol. The van der Waals surface area contributed by atoms with Gasteiger partial charge in [-0.1, -0.05) is 6.92 Å². The molecule has 5 unspecified atom stereocenters. The van der Waals surface area contributed by atoms with E-state index in [0.29, 0.717) is 0 Å². The van der Waals surface area contributed by atoms with Crippen molar-refractivity contribution in [1.29, 1.82) is 0 Å². The molecule has 0 aromatic carbocycles. The Bertz CT molecular complexity index is 474. The maximum absolute atomic E-state index is 14.2. The van der Waals surface area contributed by atoms with E-state index in [4.69, 9.17) is 0 Å². The molecule has 0 bridgehead atoms. The zero-order chi connectivity index (χ0) is 20.7. The topological polar surface area (TPSA) is 9.23 Å². The van der Waals surface area contributed by atoms with Gasteiger partial charge in [0.25, 0.3) is 6.17 Å². The van der Waals surface area contributed by atoms with Crippen LogP contribution in [-0.2, 0) is 4.74 Å². The Morgan fingerprint density at radius 1 is 0.778 bits per heavy atom. The molecule has 0 saturated heterocycles. The molecule has 2 rings (SSSR count). The number of hydrogen-bond acceptors (Lipinski definition) is 1. The van der Waals surface area contributed by atoms with Gasteiger partial charge in [-0.25, -0.2) is 22.0 Å². The van der Waals surface area contributed by atoms with E-state index in [0.717, 1.165) is 0 Å². The van der Waals surface area contributed by atoms with Gasteiger partial charge in [-0.2, -0.15) is 22.0 Å². The van der Waals surface area contributed by atoms with E-state index in [1.807, 2.05) is 0 Å². The molecule has 0 N–H and O–H groups in total. The standard InChI is InChI=1S/C16H20F10O/c1-6-2-8(17)12(9(18)3-6)7-4-10(19)13(11(20)5-7)27-16(25,26)14(21)15(22,23)24/h6-14H,2-5H2,1H3. The summed E-state index contributed by atoms with van der Waals surface area (Å²) in [5.41, 5.74) is 0. The van der Waals surface area contributed by atoms with Crippen LogP contribution in [0.25, 0.3) is 0 Å². The van der Waals surface area contributed by atoms with Crippen LogP contribution in [-0.4, -0.2) is 49.2 Å². The molecule has 0 aromatic heterocycles. The third-order valence-electron chi connectivity index (χ3n) is 5.28. The lowest BCUT2D eigenvalue weighted by atomic mass is 9.68. The largest absolute Gasteiger partial charge is 0.428 e. The number of rotatable bonds is 4. The molecule has 2 aliphatic rings. The maximum atomic E-state index is 14.2. The molecule has 1 nitrogen and oxygen atoms in total. The highest BCUT2D eigenvalue weighted by Gasteiger charge is 2.61. The van der Waals surface area contributed by atoms with Gasteiger partial charge in [-0.15, -0.1) is 0 Å². The van der Waals surface area contributed by atoms with Crippen molar-refractivity contribution in [2.24, 2.45) is 17.8 Å². The van der Waals surface area contributed by atoms with Crippen molar-refractivity contribution < 1.29 is 48.6 Å². The van der Waals surface area contributed by atoms with Gasteiger partial charge in [-0.3, -0.25) is 0 Å². The summed E-state index contributed by atoms with van der Waals surface area (Å²) < 4.78 is 136. The minimum Gasteiger partial charge on any atom is -0.308 e. The normalized spacial score (nSPS) is 42.8. The SMILES string of the molecule is CC1CC(F)C(C2CC(F)C(OC(F)(F)C(F)C(F)(F)F)C(F)C2)C(F)C1. The van der Waals surface area contributed by atoms with Crippen LogP contribution in [0.4, 0.5) is 43.9 Å².